The number of ether oxygens (including phenoxy) is 2. The molecule has 1 aliphatic heterocycles. The molecule has 1 aliphatic rings. The van der Waals surface area contributed by atoms with Crippen molar-refractivity contribution in [3.05, 3.63) is 47.5 Å². The summed E-state index contributed by atoms with van der Waals surface area (Å²) >= 11 is 0. The molecule has 0 saturated carbocycles. The monoisotopic (exact) mass is 346 g/mol. The van der Waals surface area contributed by atoms with Crippen molar-refractivity contribution < 1.29 is 23.0 Å². The van der Waals surface area contributed by atoms with Crippen LogP contribution in [0.2, 0.25) is 0 Å². The molecule has 0 bridgehead atoms. The quantitative estimate of drug-likeness (QED) is 0.921. The van der Waals surface area contributed by atoms with Crippen LogP contribution in [0.5, 0.6) is 11.5 Å². The second kappa shape index (κ2) is 6.30. The number of rotatable bonds is 4. The standard InChI is InChI=1S/C18H18O5S/c1-12(10-19)7-14-8-17-18(23-11-22-17)9-16(14)13-3-5-15(6-4-13)24(2,20)21/h3-9,19H,10-11H2,1-2H3. The van der Waals surface area contributed by atoms with Crippen LogP contribution < -0.4 is 9.47 Å². The fraction of sp³-hybridized carbons (Fsp3) is 0.222. The Hall–Kier alpha value is -2.31. The highest BCUT2D eigenvalue weighted by molar-refractivity contribution is 7.90. The Morgan fingerprint density at radius 1 is 1.17 bits per heavy atom. The number of fused-ring (bicyclic) bond motifs is 1. The van der Waals surface area contributed by atoms with E-state index in [1.54, 1.807) is 24.3 Å². The number of aliphatic hydroxyl groups excluding tert-OH is 1. The van der Waals surface area contributed by atoms with Crippen molar-refractivity contribution in [3.63, 3.8) is 0 Å². The summed E-state index contributed by atoms with van der Waals surface area (Å²) in [4.78, 5) is 0.274. The Morgan fingerprint density at radius 2 is 1.79 bits per heavy atom. The number of sulfone groups is 1. The van der Waals surface area contributed by atoms with Crippen molar-refractivity contribution >= 4 is 15.9 Å². The molecule has 1 N–H and O–H groups in total. The minimum absolute atomic E-state index is 0.0408. The fourth-order valence-electron chi connectivity index (χ4n) is 2.52. The summed E-state index contributed by atoms with van der Waals surface area (Å²) in [5.74, 6) is 1.31. The summed E-state index contributed by atoms with van der Waals surface area (Å²) < 4.78 is 34.1. The summed E-state index contributed by atoms with van der Waals surface area (Å²) in [7, 11) is -3.23. The molecule has 1 heterocycles. The predicted molar refractivity (Wildman–Crippen MR) is 91.8 cm³/mol. The summed E-state index contributed by atoms with van der Waals surface area (Å²) in [5.41, 5.74) is 3.42. The van der Waals surface area contributed by atoms with Crippen LogP contribution in [0.3, 0.4) is 0 Å². The van der Waals surface area contributed by atoms with Crippen molar-refractivity contribution in [3.8, 4) is 22.6 Å². The lowest BCUT2D eigenvalue weighted by Crippen LogP contribution is -1.96. The fourth-order valence-corrected chi connectivity index (χ4v) is 3.15. The summed E-state index contributed by atoms with van der Waals surface area (Å²) in [6, 6.07) is 10.4. The van der Waals surface area contributed by atoms with Crippen LogP contribution >= 0.6 is 0 Å². The zero-order valence-corrected chi connectivity index (χ0v) is 14.3. The summed E-state index contributed by atoms with van der Waals surface area (Å²) in [5, 5.41) is 9.29. The van der Waals surface area contributed by atoms with E-state index in [-0.39, 0.29) is 18.3 Å². The van der Waals surface area contributed by atoms with Gasteiger partial charge in [0.2, 0.25) is 6.79 Å². The number of hydrogen-bond acceptors (Lipinski definition) is 5. The normalized spacial score (nSPS) is 14.0. The zero-order chi connectivity index (χ0) is 17.3. The van der Waals surface area contributed by atoms with Crippen LogP contribution in [0.25, 0.3) is 17.2 Å². The maximum absolute atomic E-state index is 11.6. The predicted octanol–water partition coefficient (Wildman–Crippen LogP) is 2.88. The van der Waals surface area contributed by atoms with Gasteiger partial charge < -0.3 is 14.6 Å². The third kappa shape index (κ3) is 3.29. The number of hydrogen-bond donors (Lipinski definition) is 1. The largest absolute Gasteiger partial charge is 0.454 e. The molecule has 2 aromatic rings. The van der Waals surface area contributed by atoms with Gasteiger partial charge in [0.05, 0.1) is 11.5 Å². The molecule has 0 spiro atoms. The average Bonchev–Trinajstić information content (AvgIpc) is 3.00. The third-order valence-corrected chi connectivity index (χ3v) is 4.92. The van der Waals surface area contributed by atoms with Gasteiger partial charge in [-0.1, -0.05) is 18.2 Å². The van der Waals surface area contributed by atoms with Crippen LogP contribution in [-0.4, -0.2) is 33.2 Å². The Balaban J connectivity index is 2.12. The van der Waals surface area contributed by atoms with Crippen molar-refractivity contribution in [2.24, 2.45) is 0 Å². The second-order valence-electron chi connectivity index (χ2n) is 5.74. The highest BCUT2D eigenvalue weighted by Crippen LogP contribution is 2.39. The van der Waals surface area contributed by atoms with E-state index in [2.05, 4.69) is 0 Å². The molecule has 0 unspecified atom stereocenters. The van der Waals surface area contributed by atoms with Crippen molar-refractivity contribution in [2.45, 2.75) is 11.8 Å². The molecule has 0 atom stereocenters. The van der Waals surface area contributed by atoms with Gasteiger partial charge in [-0.25, -0.2) is 8.42 Å². The number of benzene rings is 2. The Bertz CT molecular complexity index is 896. The molecule has 0 fully saturated rings. The van der Waals surface area contributed by atoms with E-state index in [0.717, 1.165) is 22.3 Å². The van der Waals surface area contributed by atoms with E-state index in [1.165, 1.54) is 6.26 Å². The molecule has 5 nitrogen and oxygen atoms in total. The first-order valence-electron chi connectivity index (χ1n) is 7.40. The average molecular weight is 346 g/mol. The van der Waals surface area contributed by atoms with Gasteiger partial charge in [0, 0.05) is 6.26 Å². The SMILES string of the molecule is CC(=Cc1cc2c(cc1-c1ccc(S(C)(=O)=O)cc1)OCO2)CO. The molecule has 0 aromatic heterocycles. The second-order valence-corrected chi connectivity index (χ2v) is 7.75. The minimum Gasteiger partial charge on any atom is -0.454 e. The Kier molecular flexibility index (Phi) is 4.34. The van der Waals surface area contributed by atoms with E-state index in [1.807, 2.05) is 25.1 Å². The van der Waals surface area contributed by atoms with E-state index in [9.17, 15) is 13.5 Å². The van der Waals surface area contributed by atoms with Gasteiger partial charge in [-0.2, -0.15) is 0 Å². The van der Waals surface area contributed by atoms with E-state index >= 15 is 0 Å². The van der Waals surface area contributed by atoms with Crippen LogP contribution in [-0.2, 0) is 9.84 Å². The van der Waals surface area contributed by atoms with Crippen molar-refractivity contribution in [1.29, 1.82) is 0 Å². The van der Waals surface area contributed by atoms with E-state index in [0.29, 0.717) is 11.5 Å². The topological polar surface area (TPSA) is 72.8 Å². The molecular weight excluding hydrogens is 328 g/mol. The maximum atomic E-state index is 11.6. The zero-order valence-electron chi connectivity index (χ0n) is 13.4. The molecule has 0 aliphatic carbocycles. The first-order chi connectivity index (χ1) is 11.4. The lowest BCUT2D eigenvalue weighted by atomic mass is 9.97. The van der Waals surface area contributed by atoms with Gasteiger partial charge in [0.25, 0.3) is 0 Å². The van der Waals surface area contributed by atoms with E-state index < -0.39 is 9.84 Å². The summed E-state index contributed by atoms with van der Waals surface area (Å²) in [6.45, 7) is 1.97. The first kappa shape index (κ1) is 16.5. The van der Waals surface area contributed by atoms with Crippen LogP contribution in [0.1, 0.15) is 12.5 Å². The first-order valence-corrected chi connectivity index (χ1v) is 9.30. The maximum Gasteiger partial charge on any atom is 0.231 e. The molecule has 6 heteroatoms. The van der Waals surface area contributed by atoms with Gasteiger partial charge in [0.15, 0.2) is 21.3 Å². The van der Waals surface area contributed by atoms with Crippen LogP contribution in [0, 0.1) is 0 Å². The molecule has 0 amide bonds. The lowest BCUT2D eigenvalue weighted by Gasteiger charge is -2.10. The van der Waals surface area contributed by atoms with Gasteiger partial charge in [-0.15, -0.1) is 0 Å². The van der Waals surface area contributed by atoms with Crippen molar-refractivity contribution in [1.82, 2.24) is 0 Å². The lowest BCUT2D eigenvalue weighted by molar-refractivity contribution is 0.174. The van der Waals surface area contributed by atoms with Gasteiger partial charge in [-0.3, -0.25) is 0 Å². The molecule has 0 radical (unpaired) electrons. The summed E-state index contributed by atoms with van der Waals surface area (Å²) in [6.07, 6.45) is 3.06. The molecule has 126 valence electrons. The smallest absolute Gasteiger partial charge is 0.231 e. The van der Waals surface area contributed by atoms with Crippen molar-refractivity contribution in [2.75, 3.05) is 19.7 Å². The highest BCUT2D eigenvalue weighted by atomic mass is 32.2. The molecular formula is C18H18O5S. The van der Waals surface area contributed by atoms with Gasteiger partial charge in [-0.05, 0) is 53.5 Å². The molecule has 24 heavy (non-hydrogen) atoms. The molecule has 0 saturated heterocycles. The van der Waals surface area contributed by atoms with Crippen LogP contribution in [0.4, 0.5) is 0 Å². The Labute approximate surface area is 141 Å². The third-order valence-electron chi connectivity index (χ3n) is 3.79. The Morgan fingerprint density at radius 3 is 2.38 bits per heavy atom. The minimum atomic E-state index is -3.23. The van der Waals surface area contributed by atoms with Gasteiger partial charge >= 0.3 is 0 Å². The van der Waals surface area contributed by atoms with Gasteiger partial charge in [0.1, 0.15) is 0 Å². The van der Waals surface area contributed by atoms with Crippen LogP contribution in [0.15, 0.2) is 46.9 Å². The molecule has 2 aromatic carbocycles. The molecule has 3 rings (SSSR count). The van der Waals surface area contributed by atoms with E-state index in [4.69, 9.17) is 9.47 Å². The highest BCUT2D eigenvalue weighted by Gasteiger charge is 2.18. The number of aliphatic hydroxyl groups is 1.